The molecule has 0 aromatic heterocycles. The van der Waals surface area contributed by atoms with Gasteiger partial charge in [-0.1, -0.05) is 60.7 Å². The van der Waals surface area contributed by atoms with Crippen LogP contribution in [0.1, 0.15) is 11.1 Å². The van der Waals surface area contributed by atoms with E-state index >= 15 is 0 Å². The van der Waals surface area contributed by atoms with Crippen LogP contribution in [-0.2, 0) is 0 Å². The molecule has 2 rings (SSSR count). The summed E-state index contributed by atoms with van der Waals surface area (Å²) in [5.74, 6) is 0. The molecule has 3 heteroatoms. The highest BCUT2D eigenvalue weighted by Gasteiger charge is 2.07. The van der Waals surface area contributed by atoms with Gasteiger partial charge in [0, 0.05) is 11.3 Å². The lowest BCUT2D eigenvalue weighted by molar-refractivity contribution is 1.01. The Morgan fingerprint density at radius 3 is 1.89 bits per heavy atom. The highest BCUT2D eigenvalue weighted by molar-refractivity contribution is 5.90. The number of benzene rings is 2. The molecule has 0 aliphatic carbocycles. The molecular formula is C15H15N3. The maximum absolute atomic E-state index is 7.07. The normalized spacial score (nSPS) is 11.8. The van der Waals surface area contributed by atoms with E-state index in [1.807, 2.05) is 60.7 Å². The summed E-state index contributed by atoms with van der Waals surface area (Å²) in [5, 5.41) is 3.47. The lowest BCUT2D eigenvalue weighted by Crippen LogP contribution is -2.03. The van der Waals surface area contributed by atoms with Crippen LogP contribution >= 0.6 is 0 Å². The first-order chi connectivity index (χ1) is 8.83. The lowest BCUT2D eigenvalue weighted by atomic mass is 10.00. The molecule has 2 aromatic carbocycles. The number of nitrogens with one attached hydrogen (secondary N) is 1. The van der Waals surface area contributed by atoms with Gasteiger partial charge in [-0.15, -0.1) is 0 Å². The van der Waals surface area contributed by atoms with Crippen molar-refractivity contribution in [1.82, 2.24) is 0 Å². The van der Waals surface area contributed by atoms with Gasteiger partial charge in [-0.2, -0.15) is 5.11 Å². The smallest absolute Gasteiger partial charge is 0.0872 e. The Kier molecular flexibility index (Phi) is 3.86. The van der Waals surface area contributed by atoms with Crippen LogP contribution in [0.4, 0.5) is 0 Å². The van der Waals surface area contributed by atoms with E-state index in [9.17, 15) is 0 Å². The quantitative estimate of drug-likeness (QED) is 0.620. The Labute approximate surface area is 106 Å². The molecule has 90 valence electrons. The summed E-state index contributed by atoms with van der Waals surface area (Å²) in [6.07, 6.45) is 0. The molecule has 0 amide bonds. The Morgan fingerprint density at radius 1 is 0.889 bits per heavy atom. The minimum absolute atomic E-state index is 0.296. The second-order valence-corrected chi connectivity index (χ2v) is 3.94. The molecule has 0 saturated heterocycles. The average molecular weight is 237 g/mol. The zero-order valence-electron chi connectivity index (χ0n) is 10.0. The summed E-state index contributed by atoms with van der Waals surface area (Å²) in [6, 6.07) is 19.6. The Morgan fingerprint density at radius 2 is 1.39 bits per heavy atom. The van der Waals surface area contributed by atoms with E-state index < -0.39 is 0 Å². The van der Waals surface area contributed by atoms with Crippen molar-refractivity contribution < 1.29 is 0 Å². The molecule has 0 radical (unpaired) electrons. The van der Waals surface area contributed by atoms with Gasteiger partial charge in [0.25, 0.3) is 0 Å². The van der Waals surface area contributed by atoms with E-state index in [0.29, 0.717) is 12.2 Å². The predicted molar refractivity (Wildman–Crippen MR) is 73.9 cm³/mol. The van der Waals surface area contributed by atoms with Gasteiger partial charge in [0.05, 0.1) is 6.54 Å². The third kappa shape index (κ3) is 2.63. The van der Waals surface area contributed by atoms with Crippen LogP contribution < -0.4 is 5.73 Å². The zero-order chi connectivity index (χ0) is 12.8. The molecule has 3 nitrogen and oxygen atoms in total. The highest BCUT2D eigenvalue weighted by Crippen LogP contribution is 2.22. The summed E-state index contributed by atoms with van der Waals surface area (Å²) in [7, 11) is 0. The minimum atomic E-state index is 0.296. The molecule has 0 heterocycles. The summed E-state index contributed by atoms with van der Waals surface area (Å²) in [5.41, 5.74) is 16.8. The van der Waals surface area contributed by atoms with Crippen molar-refractivity contribution in [3.8, 4) is 0 Å². The average Bonchev–Trinajstić information content (AvgIpc) is 2.46. The van der Waals surface area contributed by atoms with Gasteiger partial charge in [0.1, 0.15) is 0 Å². The number of nitrogens with zero attached hydrogens (tertiary/aromatic N) is 1. The van der Waals surface area contributed by atoms with Crippen LogP contribution in [0.5, 0.6) is 0 Å². The lowest BCUT2D eigenvalue weighted by Gasteiger charge is -2.10. The van der Waals surface area contributed by atoms with Crippen molar-refractivity contribution in [2.75, 3.05) is 6.54 Å². The van der Waals surface area contributed by atoms with Gasteiger partial charge in [-0.3, -0.25) is 0 Å². The topological polar surface area (TPSA) is 62.2 Å². The van der Waals surface area contributed by atoms with Gasteiger partial charge in [0.2, 0.25) is 0 Å². The molecule has 2 aromatic rings. The summed E-state index contributed by atoms with van der Waals surface area (Å²) in [4.78, 5) is 0. The maximum Gasteiger partial charge on any atom is 0.0872 e. The van der Waals surface area contributed by atoms with Crippen molar-refractivity contribution in [2.24, 2.45) is 10.8 Å². The number of hydrogen-bond acceptors (Lipinski definition) is 3. The zero-order valence-corrected chi connectivity index (χ0v) is 10.0. The minimum Gasteiger partial charge on any atom is -0.398 e. The van der Waals surface area contributed by atoms with Gasteiger partial charge >= 0.3 is 0 Å². The molecular weight excluding hydrogens is 222 g/mol. The van der Waals surface area contributed by atoms with Crippen molar-refractivity contribution in [2.45, 2.75) is 0 Å². The fourth-order valence-corrected chi connectivity index (χ4v) is 1.84. The number of rotatable bonds is 4. The molecule has 0 unspecified atom stereocenters. The fraction of sp³-hybridized carbons (Fsp3) is 0.0667. The molecule has 0 aliphatic heterocycles. The van der Waals surface area contributed by atoms with E-state index in [4.69, 9.17) is 11.3 Å². The molecule has 0 saturated carbocycles. The standard InChI is InChI=1S/C15H15N3/c16-15(13-9-5-2-6-10-13)14(11-18-17)12-7-3-1-4-8-12/h1-10,17H,11,16H2/b15-14+,18-17?. The van der Waals surface area contributed by atoms with E-state index in [2.05, 4.69) is 5.11 Å². The van der Waals surface area contributed by atoms with Crippen molar-refractivity contribution in [3.05, 3.63) is 71.8 Å². The summed E-state index contributed by atoms with van der Waals surface area (Å²) in [6.45, 7) is 0.296. The second-order valence-electron chi connectivity index (χ2n) is 3.94. The molecule has 0 atom stereocenters. The van der Waals surface area contributed by atoms with Crippen molar-refractivity contribution in [1.29, 1.82) is 5.53 Å². The Hall–Kier alpha value is -2.42. The van der Waals surface area contributed by atoms with Gasteiger partial charge < -0.3 is 5.73 Å². The fourth-order valence-electron chi connectivity index (χ4n) is 1.84. The largest absolute Gasteiger partial charge is 0.398 e. The van der Waals surface area contributed by atoms with E-state index in [0.717, 1.165) is 16.7 Å². The highest BCUT2D eigenvalue weighted by atomic mass is 14.9. The van der Waals surface area contributed by atoms with Gasteiger partial charge in [0.15, 0.2) is 0 Å². The first-order valence-corrected chi connectivity index (χ1v) is 5.75. The van der Waals surface area contributed by atoms with Crippen molar-refractivity contribution in [3.63, 3.8) is 0 Å². The van der Waals surface area contributed by atoms with Crippen LogP contribution in [-0.4, -0.2) is 6.54 Å². The van der Waals surface area contributed by atoms with Crippen LogP contribution in [0.15, 0.2) is 65.8 Å². The molecule has 0 aliphatic rings. The first-order valence-electron chi connectivity index (χ1n) is 5.75. The van der Waals surface area contributed by atoms with Gasteiger partial charge in [-0.05, 0) is 11.1 Å². The predicted octanol–water partition coefficient (Wildman–Crippen LogP) is 3.54. The van der Waals surface area contributed by atoms with E-state index in [1.165, 1.54) is 0 Å². The van der Waals surface area contributed by atoms with Gasteiger partial charge in [-0.25, -0.2) is 5.53 Å². The number of hydrogen-bond donors (Lipinski definition) is 2. The second kappa shape index (κ2) is 5.77. The number of nitrogens with two attached hydrogens (primary N) is 1. The van der Waals surface area contributed by atoms with Crippen molar-refractivity contribution >= 4 is 11.3 Å². The van der Waals surface area contributed by atoms with E-state index in [1.54, 1.807) is 0 Å². The molecule has 0 fully saturated rings. The third-order valence-corrected chi connectivity index (χ3v) is 2.77. The Balaban J connectivity index is 2.50. The third-order valence-electron chi connectivity index (χ3n) is 2.77. The van der Waals surface area contributed by atoms with E-state index in [-0.39, 0.29) is 0 Å². The summed E-state index contributed by atoms with van der Waals surface area (Å²) >= 11 is 0. The van der Waals surface area contributed by atoms with Crippen LogP contribution in [0.25, 0.3) is 11.3 Å². The summed E-state index contributed by atoms with van der Waals surface area (Å²) < 4.78 is 0. The molecule has 18 heavy (non-hydrogen) atoms. The SMILES string of the molecule is N=NC/C(=C(\N)c1ccccc1)c1ccccc1. The van der Waals surface area contributed by atoms with Crippen LogP contribution in [0, 0.1) is 5.53 Å². The molecule has 0 spiro atoms. The van der Waals surface area contributed by atoms with Crippen LogP contribution in [0.3, 0.4) is 0 Å². The Bertz CT molecular complexity index is 544. The maximum atomic E-state index is 7.07. The first kappa shape index (κ1) is 12.0. The molecule has 0 bridgehead atoms. The molecule has 3 N–H and O–H groups in total. The van der Waals surface area contributed by atoms with Crippen LogP contribution in [0.2, 0.25) is 0 Å². The monoisotopic (exact) mass is 237 g/mol.